The number of carbonyl (C=O) groups excluding carboxylic acids is 1. The van der Waals surface area contributed by atoms with Crippen LogP contribution in [0.2, 0.25) is 10.0 Å². The number of carboxylic acids is 1. The van der Waals surface area contributed by atoms with Crippen LogP contribution < -0.4 is 0 Å². The van der Waals surface area contributed by atoms with Gasteiger partial charge in [-0.3, -0.25) is 9.59 Å². The van der Waals surface area contributed by atoms with E-state index in [1.54, 1.807) is 0 Å². The van der Waals surface area contributed by atoms with Gasteiger partial charge < -0.3 is 10.0 Å². The van der Waals surface area contributed by atoms with E-state index in [-0.39, 0.29) is 23.6 Å². The maximum Gasteiger partial charge on any atom is 0.323 e. The van der Waals surface area contributed by atoms with Crippen LogP contribution in [0.5, 0.6) is 0 Å². The second-order valence-corrected chi connectivity index (χ2v) is 4.50. The Morgan fingerprint density at radius 1 is 1.37 bits per heavy atom. The normalized spacial score (nSPS) is 9.74. The molecule has 0 aliphatic rings. The number of aliphatic carboxylic acids is 1. The van der Waals surface area contributed by atoms with Crippen molar-refractivity contribution in [3.8, 4) is 6.07 Å². The summed E-state index contributed by atoms with van der Waals surface area (Å²) in [5, 5.41) is 17.8. The number of rotatable bonds is 5. The van der Waals surface area contributed by atoms with Crippen molar-refractivity contribution >= 4 is 35.1 Å². The standard InChI is InChI=1S/C12H10Cl2N2O3/c13-8-2-3-9(10(14)6-8)12(19)16(5-1-4-15)7-11(17)18/h2-3,6H,1,5,7H2,(H,17,18). The van der Waals surface area contributed by atoms with Crippen molar-refractivity contribution in [1.82, 2.24) is 4.90 Å². The van der Waals surface area contributed by atoms with Crippen molar-refractivity contribution in [1.29, 1.82) is 5.26 Å². The number of hydrogen-bond acceptors (Lipinski definition) is 3. The van der Waals surface area contributed by atoms with Gasteiger partial charge in [0.1, 0.15) is 6.54 Å². The second-order valence-electron chi connectivity index (χ2n) is 3.65. The van der Waals surface area contributed by atoms with Gasteiger partial charge in [0.2, 0.25) is 0 Å². The summed E-state index contributed by atoms with van der Waals surface area (Å²) in [6, 6.07) is 6.18. The van der Waals surface area contributed by atoms with Crippen LogP contribution in [0.4, 0.5) is 0 Å². The Morgan fingerprint density at radius 2 is 2.05 bits per heavy atom. The van der Waals surface area contributed by atoms with Crippen molar-refractivity contribution in [2.45, 2.75) is 6.42 Å². The van der Waals surface area contributed by atoms with Crippen molar-refractivity contribution in [3.63, 3.8) is 0 Å². The lowest BCUT2D eigenvalue weighted by Crippen LogP contribution is -2.36. The monoisotopic (exact) mass is 300 g/mol. The lowest BCUT2D eigenvalue weighted by molar-refractivity contribution is -0.137. The predicted molar refractivity (Wildman–Crippen MR) is 70.2 cm³/mol. The number of amides is 1. The van der Waals surface area contributed by atoms with Crippen LogP contribution in [0.15, 0.2) is 18.2 Å². The van der Waals surface area contributed by atoms with E-state index in [0.717, 1.165) is 4.90 Å². The smallest absolute Gasteiger partial charge is 0.323 e. The Labute approximate surface area is 119 Å². The van der Waals surface area contributed by atoms with E-state index in [1.165, 1.54) is 18.2 Å². The lowest BCUT2D eigenvalue weighted by Gasteiger charge is -2.20. The van der Waals surface area contributed by atoms with Crippen molar-refractivity contribution in [3.05, 3.63) is 33.8 Å². The molecular formula is C12H10Cl2N2O3. The Bertz CT molecular complexity index is 540. The molecule has 1 aromatic carbocycles. The summed E-state index contributed by atoms with van der Waals surface area (Å²) in [5.41, 5.74) is 0.158. The molecule has 0 heterocycles. The minimum absolute atomic E-state index is 0.0284. The molecule has 19 heavy (non-hydrogen) atoms. The third kappa shape index (κ3) is 4.43. The number of carbonyl (C=O) groups is 2. The summed E-state index contributed by atoms with van der Waals surface area (Å²) in [4.78, 5) is 23.9. The van der Waals surface area contributed by atoms with Crippen LogP contribution in [0, 0.1) is 11.3 Å². The minimum atomic E-state index is -1.16. The molecule has 0 unspecified atom stereocenters. The molecule has 1 rings (SSSR count). The maximum atomic E-state index is 12.1. The molecule has 0 fully saturated rings. The van der Waals surface area contributed by atoms with Crippen LogP contribution in [-0.4, -0.2) is 35.0 Å². The molecule has 5 nitrogen and oxygen atoms in total. The second kappa shape index (κ2) is 6.98. The first-order chi connectivity index (χ1) is 8.95. The number of nitriles is 1. The molecule has 1 aromatic rings. The third-order valence-corrected chi connectivity index (χ3v) is 2.82. The Balaban J connectivity index is 2.97. The third-order valence-electron chi connectivity index (χ3n) is 2.27. The molecule has 7 heteroatoms. The predicted octanol–water partition coefficient (Wildman–Crippen LogP) is 2.43. The van der Waals surface area contributed by atoms with Crippen LogP contribution in [0.25, 0.3) is 0 Å². The molecule has 0 bridgehead atoms. The SMILES string of the molecule is N#CCCN(CC(=O)O)C(=O)c1ccc(Cl)cc1Cl. The summed E-state index contributed by atoms with van der Waals surface area (Å²) < 4.78 is 0. The fourth-order valence-corrected chi connectivity index (χ4v) is 1.92. The van der Waals surface area contributed by atoms with Crippen molar-refractivity contribution in [2.75, 3.05) is 13.1 Å². The highest BCUT2D eigenvalue weighted by atomic mass is 35.5. The summed E-state index contributed by atoms with van der Waals surface area (Å²) in [6.45, 7) is -0.458. The van der Waals surface area contributed by atoms with E-state index in [4.69, 9.17) is 33.6 Å². The highest BCUT2D eigenvalue weighted by Crippen LogP contribution is 2.22. The molecule has 0 atom stereocenters. The van der Waals surface area contributed by atoms with Gasteiger partial charge in [-0.2, -0.15) is 5.26 Å². The van der Waals surface area contributed by atoms with Gasteiger partial charge in [-0.15, -0.1) is 0 Å². The molecule has 0 aliphatic heterocycles. The summed E-state index contributed by atoms with van der Waals surface area (Å²) in [5.74, 6) is -1.70. The average Bonchev–Trinajstić information content (AvgIpc) is 2.33. The number of carboxylic acid groups (broad SMARTS) is 1. The van der Waals surface area contributed by atoms with Crippen LogP contribution in [0.1, 0.15) is 16.8 Å². The maximum absolute atomic E-state index is 12.1. The lowest BCUT2D eigenvalue weighted by atomic mass is 10.2. The molecule has 0 saturated carbocycles. The molecule has 0 radical (unpaired) electrons. The Hall–Kier alpha value is -1.77. The van der Waals surface area contributed by atoms with Gasteiger partial charge in [-0.1, -0.05) is 23.2 Å². The van der Waals surface area contributed by atoms with Crippen LogP contribution in [-0.2, 0) is 4.79 Å². The molecule has 0 aromatic heterocycles. The fraction of sp³-hybridized carbons (Fsp3) is 0.250. The fourth-order valence-electron chi connectivity index (χ4n) is 1.43. The number of halogens is 2. The topological polar surface area (TPSA) is 81.4 Å². The van der Waals surface area contributed by atoms with Gasteiger partial charge in [0, 0.05) is 11.6 Å². The van der Waals surface area contributed by atoms with Gasteiger partial charge in [0.15, 0.2) is 0 Å². The summed E-state index contributed by atoms with van der Waals surface area (Å²) in [6.07, 6.45) is 0.0459. The number of nitrogens with zero attached hydrogens (tertiary/aromatic N) is 2. The minimum Gasteiger partial charge on any atom is -0.480 e. The van der Waals surface area contributed by atoms with E-state index in [9.17, 15) is 9.59 Å². The van der Waals surface area contributed by atoms with Crippen molar-refractivity contribution < 1.29 is 14.7 Å². The average molecular weight is 301 g/mol. The quantitative estimate of drug-likeness (QED) is 0.905. The number of hydrogen-bond donors (Lipinski definition) is 1. The largest absolute Gasteiger partial charge is 0.480 e. The van der Waals surface area contributed by atoms with E-state index in [2.05, 4.69) is 0 Å². The van der Waals surface area contributed by atoms with Gasteiger partial charge in [0.25, 0.3) is 5.91 Å². The Kier molecular flexibility index (Phi) is 5.61. The van der Waals surface area contributed by atoms with Gasteiger partial charge >= 0.3 is 5.97 Å². The Morgan fingerprint density at radius 3 is 2.58 bits per heavy atom. The molecule has 0 spiro atoms. The molecule has 0 saturated heterocycles. The zero-order chi connectivity index (χ0) is 14.4. The first kappa shape index (κ1) is 15.3. The van der Waals surface area contributed by atoms with Crippen LogP contribution >= 0.6 is 23.2 Å². The first-order valence-electron chi connectivity index (χ1n) is 5.28. The van der Waals surface area contributed by atoms with E-state index in [0.29, 0.717) is 5.02 Å². The number of benzene rings is 1. The molecule has 0 aliphatic carbocycles. The highest BCUT2D eigenvalue weighted by molar-refractivity contribution is 6.36. The zero-order valence-electron chi connectivity index (χ0n) is 9.77. The van der Waals surface area contributed by atoms with Crippen molar-refractivity contribution in [2.24, 2.45) is 0 Å². The molecule has 1 amide bonds. The first-order valence-corrected chi connectivity index (χ1v) is 6.04. The van der Waals surface area contributed by atoms with E-state index < -0.39 is 18.4 Å². The molecule has 1 N–H and O–H groups in total. The molecular weight excluding hydrogens is 291 g/mol. The van der Waals surface area contributed by atoms with Crippen LogP contribution in [0.3, 0.4) is 0 Å². The van der Waals surface area contributed by atoms with Gasteiger partial charge in [0.05, 0.1) is 23.1 Å². The summed E-state index contributed by atoms with van der Waals surface area (Å²) in [7, 11) is 0. The molecule has 100 valence electrons. The van der Waals surface area contributed by atoms with E-state index >= 15 is 0 Å². The zero-order valence-corrected chi connectivity index (χ0v) is 11.3. The van der Waals surface area contributed by atoms with Gasteiger partial charge in [-0.05, 0) is 18.2 Å². The van der Waals surface area contributed by atoms with E-state index in [1.807, 2.05) is 6.07 Å². The summed E-state index contributed by atoms with van der Waals surface area (Å²) >= 11 is 11.6. The van der Waals surface area contributed by atoms with Gasteiger partial charge in [-0.25, -0.2) is 0 Å². The highest BCUT2D eigenvalue weighted by Gasteiger charge is 2.20.